The van der Waals surface area contributed by atoms with Gasteiger partial charge in [-0.3, -0.25) is 6.29 Å². The number of rotatable bonds is 6. The van der Waals surface area contributed by atoms with Crippen LogP contribution in [0.25, 0.3) is 0 Å². The van der Waals surface area contributed by atoms with Crippen molar-refractivity contribution < 1.29 is 61.0 Å². The van der Waals surface area contributed by atoms with Gasteiger partial charge in [-0.2, -0.15) is 0 Å². The largest absolute Gasteiger partial charge is 1.00 e. The van der Waals surface area contributed by atoms with Crippen molar-refractivity contribution in [2.24, 2.45) is 53.3 Å². The molecular formula is C31H51Li2O5S-. The maximum atomic E-state index is 11.3. The van der Waals surface area contributed by atoms with Crippen LogP contribution in [0.1, 0.15) is 128 Å². The Hall–Kier alpha value is 0.735. The Morgan fingerprint density at radius 3 is 0.846 bits per heavy atom. The fourth-order valence-electron chi connectivity index (χ4n) is 9.82. The maximum Gasteiger partial charge on any atom is 1.00 e. The van der Waals surface area contributed by atoms with Crippen LogP contribution in [-0.4, -0.2) is 30.0 Å². The van der Waals surface area contributed by atoms with Gasteiger partial charge >= 0.3 is 37.7 Å². The summed E-state index contributed by atoms with van der Waals surface area (Å²) in [6.07, 6.45) is 27.2. The van der Waals surface area contributed by atoms with Gasteiger partial charge < -0.3 is 14.8 Å². The molecule has 5 saturated carbocycles. The van der Waals surface area contributed by atoms with Gasteiger partial charge in [-0.1, -0.05) is 25.7 Å². The van der Waals surface area contributed by atoms with Crippen molar-refractivity contribution in [1.82, 2.24) is 0 Å². The molecule has 5 fully saturated rings. The average molecular weight is 550 g/mol. The summed E-state index contributed by atoms with van der Waals surface area (Å²) in [5, 5.41) is -0.613. The first-order chi connectivity index (χ1) is 17.4. The second-order valence-corrected chi connectivity index (χ2v) is 15.4. The molecule has 5 rings (SSSR count). The molecule has 0 aromatic carbocycles. The van der Waals surface area contributed by atoms with E-state index >= 15 is 0 Å². The van der Waals surface area contributed by atoms with Gasteiger partial charge in [0.2, 0.25) is 0 Å². The molecule has 0 saturated heterocycles. The van der Waals surface area contributed by atoms with Crippen LogP contribution in [0.2, 0.25) is 0 Å². The van der Waals surface area contributed by atoms with Crippen molar-refractivity contribution >= 4 is 16.4 Å². The number of carbonyl (C=O) groups excluding carboxylic acids is 1. The Bertz CT molecular complexity index is 799. The molecule has 0 unspecified atom stereocenters. The standard InChI is InChI=1S/C31H51O4S.2Li.H2O/c32-21-22-1-3-23(4-2-22)24-5-7-25(8-6-24)26-9-11-27(12-10-26)28-13-15-29(16-14-28)30-17-19-31(20-18-30)36(33,34)35;;;/h22-31H,1-20H2,(H,33,34,35);;;1H2/q-1;2*+1;/p-2. The number of hydrogen-bond donors (Lipinski definition) is 0. The summed E-state index contributed by atoms with van der Waals surface area (Å²) in [7, 11) is -4.09. The smallest absolute Gasteiger partial charge is 0.870 e. The monoisotopic (exact) mass is 549 g/mol. The molecule has 0 amide bonds. The van der Waals surface area contributed by atoms with E-state index in [-0.39, 0.29) is 49.1 Å². The Kier molecular flexibility index (Phi) is 15.2. The SMILES string of the molecule is O=[C-]C1CCC(C2CCC(C3CCC(C4CCC(C5CCC(S(=O)(=O)[O-])CC5)CC4)CC3)CC2)CC1.[Li+].[Li+].[OH-]. The van der Waals surface area contributed by atoms with Crippen LogP contribution in [-0.2, 0) is 14.9 Å². The molecule has 0 aliphatic heterocycles. The van der Waals surface area contributed by atoms with E-state index in [2.05, 4.69) is 6.29 Å². The van der Waals surface area contributed by atoms with Crippen LogP contribution in [0.5, 0.6) is 0 Å². The molecule has 0 bridgehead atoms. The number of hydrogen-bond acceptors (Lipinski definition) is 5. The second-order valence-electron chi connectivity index (χ2n) is 13.8. The second kappa shape index (κ2) is 16.5. The fourth-order valence-corrected chi connectivity index (χ4v) is 10.7. The molecule has 5 aliphatic rings. The summed E-state index contributed by atoms with van der Waals surface area (Å²) in [6.45, 7) is 0. The molecule has 1 N–H and O–H groups in total. The minimum absolute atomic E-state index is 0. The first-order valence-electron chi connectivity index (χ1n) is 15.7. The van der Waals surface area contributed by atoms with E-state index in [9.17, 15) is 17.8 Å². The Morgan fingerprint density at radius 2 is 0.641 bits per heavy atom. The molecular weight excluding hydrogens is 498 g/mol. The zero-order valence-electron chi connectivity index (χ0n) is 24.9. The third-order valence-corrected chi connectivity index (χ3v) is 13.5. The predicted octanol–water partition coefficient (Wildman–Crippen LogP) is 1.26. The van der Waals surface area contributed by atoms with Crippen molar-refractivity contribution in [2.45, 2.75) is 134 Å². The molecule has 0 aromatic rings. The van der Waals surface area contributed by atoms with Gasteiger partial charge in [-0.25, -0.2) is 8.42 Å². The van der Waals surface area contributed by atoms with E-state index in [4.69, 9.17) is 0 Å². The fraction of sp³-hybridized carbons (Fsp3) is 0.968. The van der Waals surface area contributed by atoms with Crippen molar-refractivity contribution in [3.63, 3.8) is 0 Å². The summed E-state index contributed by atoms with van der Waals surface area (Å²) in [5.41, 5.74) is 0. The van der Waals surface area contributed by atoms with Crippen LogP contribution in [0.15, 0.2) is 0 Å². The molecule has 214 valence electrons. The third kappa shape index (κ3) is 9.36. The summed E-state index contributed by atoms with van der Waals surface area (Å²) < 4.78 is 34.0. The van der Waals surface area contributed by atoms with Crippen molar-refractivity contribution in [3.8, 4) is 0 Å². The van der Waals surface area contributed by atoms with Crippen LogP contribution >= 0.6 is 0 Å². The molecule has 5 nitrogen and oxygen atoms in total. The summed E-state index contributed by atoms with van der Waals surface area (Å²) in [4.78, 5) is 11.0. The topological polar surface area (TPSA) is 104 Å². The zero-order valence-corrected chi connectivity index (χ0v) is 25.7. The van der Waals surface area contributed by atoms with E-state index in [1.165, 1.54) is 89.9 Å². The van der Waals surface area contributed by atoms with Gasteiger partial charge in [-0.05, 0) is 150 Å². The van der Waals surface area contributed by atoms with Crippen LogP contribution in [0, 0.1) is 53.3 Å². The van der Waals surface area contributed by atoms with Crippen molar-refractivity contribution in [2.75, 3.05) is 0 Å². The molecule has 0 aromatic heterocycles. The Labute approximate surface area is 263 Å². The molecule has 39 heavy (non-hydrogen) atoms. The molecule has 0 spiro atoms. The maximum absolute atomic E-state index is 11.3. The van der Waals surface area contributed by atoms with Crippen LogP contribution in [0.4, 0.5) is 0 Å². The van der Waals surface area contributed by atoms with E-state index in [0.717, 1.165) is 67.1 Å². The van der Waals surface area contributed by atoms with E-state index in [0.29, 0.717) is 18.8 Å². The Balaban J connectivity index is 0.00000178. The first kappa shape index (κ1) is 35.9. The minimum atomic E-state index is -4.09. The van der Waals surface area contributed by atoms with Gasteiger partial charge in [-0.15, -0.1) is 5.92 Å². The molecule has 0 radical (unpaired) electrons. The quantitative estimate of drug-likeness (QED) is 0.282. The first-order valence-corrected chi connectivity index (χ1v) is 17.2. The minimum Gasteiger partial charge on any atom is -0.870 e. The average Bonchev–Trinajstić information content (AvgIpc) is 2.93. The van der Waals surface area contributed by atoms with Gasteiger partial charge in [0.25, 0.3) is 0 Å². The van der Waals surface area contributed by atoms with Gasteiger partial charge in [0.05, 0.1) is 10.1 Å². The third-order valence-electron chi connectivity index (χ3n) is 12.2. The van der Waals surface area contributed by atoms with Crippen LogP contribution < -0.4 is 37.7 Å². The normalized spacial score (nSPS) is 41.7. The summed E-state index contributed by atoms with van der Waals surface area (Å²) >= 11 is 0. The van der Waals surface area contributed by atoms with Gasteiger partial charge in [0, 0.05) is 5.25 Å². The Morgan fingerprint density at radius 1 is 0.436 bits per heavy atom. The van der Waals surface area contributed by atoms with Crippen molar-refractivity contribution in [1.29, 1.82) is 0 Å². The molecule has 0 heterocycles. The summed E-state index contributed by atoms with van der Waals surface area (Å²) in [5.74, 6) is 7.31. The van der Waals surface area contributed by atoms with Gasteiger partial charge in [0.1, 0.15) is 0 Å². The molecule has 8 heteroatoms. The zero-order chi connectivity index (χ0) is 25.1. The van der Waals surface area contributed by atoms with Crippen molar-refractivity contribution in [3.05, 3.63) is 0 Å². The van der Waals surface area contributed by atoms with E-state index in [1.54, 1.807) is 0 Å². The van der Waals surface area contributed by atoms with E-state index < -0.39 is 15.4 Å². The predicted molar refractivity (Wildman–Crippen MR) is 145 cm³/mol. The summed E-state index contributed by atoms with van der Waals surface area (Å²) in [6, 6.07) is 0. The van der Waals surface area contributed by atoms with E-state index in [1.807, 2.05) is 0 Å². The molecule has 0 atom stereocenters. The van der Waals surface area contributed by atoms with Gasteiger partial charge in [0.15, 0.2) is 0 Å². The molecule has 5 aliphatic carbocycles. The van der Waals surface area contributed by atoms with Crippen LogP contribution in [0.3, 0.4) is 0 Å².